The van der Waals surface area contributed by atoms with Crippen LogP contribution in [-0.2, 0) is 6.42 Å². The van der Waals surface area contributed by atoms with Gasteiger partial charge in [0.2, 0.25) is 0 Å². The highest BCUT2D eigenvalue weighted by atomic mass is 16.5. The number of ether oxygens (including phenoxy) is 1. The molecular weight excluding hydrogens is 256 g/mol. The van der Waals surface area contributed by atoms with E-state index in [1.54, 1.807) is 0 Å². The molecule has 0 heterocycles. The highest BCUT2D eigenvalue weighted by molar-refractivity contribution is 6.00. The number of hydrogen-bond acceptors (Lipinski definition) is 4. The molecule has 0 saturated heterocycles. The summed E-state index contributed by atoms with van der Waals surface area (Å²) in [5.74, 6) is -0.355. The quantitative estimate of drug-likeness (QED) is 0.638. The van der Waals surface area contributed by atoms with Gasteiger partial charge in [0.05, 0.1) is 6.10 Å². The van der Waals surface area contributed by atoms with Crippen molar-refractivity contribution in [2.45, 2.75) is 47.1 Å². The van der Waals surface area contributed by atoms with Gasteiger partial charge >= 0.3 is 0 Å². The Morgan fingerprint density at radius 2 is 1.85 bits per heavy atom. The highest BCUT2D eigenvalue weighted by Gasteiger charge is 2.22. The zero-order valence-electron chi connectivity index (χ0n) is 12.7. The van der Waals surface area contributed by atoms with Gasteiger partial charge in [0.15, 0.2) is 5.78 Å². The third-order valence-corrected chi connectivity index (χ3v) is 2.76. The lowest BCUT2D eigenvalue weighted by molar-refractivity contribution is 0.100. The predicted molar refractivity (Wildman–Crippen MR) is 78.7 cm³/mol. The molecule has 0 aliphatic heterocycles. The zero-order valence-corrected chi connectivity index (χ0v) is 12.7. The third-order valence-electron chi connectivity index (χ3n) is 2.76. The molecule has 0 spiro atoms. The standard InChI is InChI=1S/C16H22O4/c1-9(2)6-7-12-13(18)8-14(19)15(11(5)17)16(12)20-10(3)4/h6,8,10,18-19H,7H2,1-5H3. The fraction of sp³-hybridized carbons (Fsp3) is 0.438. The third kappa shape index (κ3) is 3.76. The van der Waals surface area contributed by atoms with Crippen LogP contribution >= 0.6 is 0 Å². The molecule has 1 aromatic rings. The second-order valence-corrected chi connectivity index (χ2v) is 5.31. The number of carbonyl (C=O) groups is 1. The molecule has 1 aromatic carbocycles. The van der Waals surface area contributed by atoms with E-state index >= 15 is 0 Å². The molecule has 1 rings (SSSR count). The van der Waals surface area contributed by atoms with Crippen LogP contribution in [0.2, 0.25) is 0 Å². The van der Waals surface area contributed by atoms with E-state index in [9.17, 15) is 15.0 Å². The summed E-state index contributed by atoms with van der Waals surface area (Å²) < 4.78 is 5.66. The van der Waals surface area contributed by atoms with Crippen LogP contribution in [0, 0.1) is 0 Å². The van der Waals surface area contributed by atoms with Gasteiger partial charge < -0.3 is 14.9 Å². The molecule has 0 amide bonds. The van der Waals surface area contributed by atoms with Gasteiger partial charge in [-0.15, -0.1) is 0 Å². The van der Waals surface area contributed by atoms with Gasteiger partial charge in [-0.2, -0.15) is 0 Å². The van der Waals surface area contributed by atoms with Crippen LogP contribution in [0.15, 0.2) is 17.7 Å². The number of phenols is 2. The molecule has 0 aliphatic rings. The Kier molecular flexibility index (Phi) is 5.19. The minimum atomic E-state index is -0.295. The van der Waals surface area contributed by atoms with Crippen LogP contribution < -0.4 is 4.74 Å². The van der Waals surface area contributed by atoms with Crippen LogP contribution in [0.25, 0.3) is 0 Å². The summed E-state index contributed by atoms with van der Waals surface area (Å²) >= 11 is 0. The average molecular weight is 278 g/mol. The van der Waals surface area contributed by atoms with Crippen LogP contribution in [0.4, 0.5) is 0 Å². The Hall–Kier alpha value is -1.97. The minimum absolute atomic E-state index is 0.0688. The topological polar surface area (TPSA) is 66.8 Å². The summed E-state index contributed by atoms with van der Waals surface area (Å²) in [6.45, 7) is 8.92. The monoisotopic (exact) mass is 278 g/mol. The first-order valence-corrected chi connectivity index (χ1v) is 6.62. The van der Waals surface area contributed by atoms with E-state index < -0.39 is 0 Å². The van der Waals surface area contributed by atoms with Crippen LogP contribution in [-0.4, -0.2) is 22.1 Å². The molecule has 0 bridgehead atoms. The van der Waals surface area contributed by atoms with E-state index in [1.165, 1.54) is 13.0 Å². The summed E-state index contributed by atoms with van der Waals surface area (Å²) in [5, 5.41) is 19.9. The minimum Gasteiger partial charge on any atom is -0.507 e. The highest BCUT2D eigenvalue weighted by Crippen LogP contribution is 2.39. The molecule has 0 saturated carbocycles. The maximum absolute atomic E-state index is 11.7. The van der Waals surface area contributed by atoms with E-state index in [-0.39, 0.29) is 34.7 Å². The Bertz CT molecular complexity index is 538. The zero-order chi connectivity index (χ0) is 15.4. The summed E-state index contributed by atoms with van der Waals surface area (Å²) in [5.41, 5.74) is 1.73. The van der Waals surface area contributed by atoms with Crippen molar-refractivity contribution >= 4 is 5.78 Å². The summed E-state index contributed by atoms with van der Waals surface area (Å²) in [4.78, 5) is 11.7. The number of benzene rings is 1. The molecule has 2 N–H and O–H groups in total. The molecule has 110 valence electrons. The summed E-state index contributed by atoms with van der Waals surface area (Å²) in [6.07, 6.45) is 2.21. The van der Waals surface area contributed by atoms with Crippen LogP contribution in [0.5, 0.6) is 17.2 Å². The Balaban J connectivity index is 3.49. The van der Waals surface area contributed by atoms with Gasteiger partial charge in [0.1, 0.15) is 22.8 Å². The van der Waals surface area contributed by atoms with E-state index in [2.05, 4.69) is 0 Å². The lowest BCUT2D eigenvalue weighted by Crippen LogP contribution is -2.11. The largest absolute Gasteiger partial charge is 0.507 e. The van der Waals surface area contributed by atoms with Crippen molar-refractivity contribution in [1.82, 2.24) is 0 Å². The Morgan fingerprint density at radius 1 is 1.25 bits per heavy atom. The fourth-order valence-corrected chi connectivity index (χ4v) is 1.88. The predicted octanol–water partition coefficient (Wildman–Crippen LogP) is 3.60. The lowest BCUT2D eigenvalue weighted by Gasteiger charge is -2.19. The molecule has 4 heteroatoms. The van der Waals surface area contributed by atoms with Gasteiger partial charge in [0.25, 0.3) is 0 Å². The van der Waals surface area contributed by atoms with Crippen LogP contribution in [0.3, 0.4) is 0 Å². The average Bonchev–Trinajstić information content (AvgIpc) is 2.25. The van der Waals surface area contributed by atoms with Crippen molar-refractivity contribution in [3.63, 3.8) is 0 Å². The van der Waals surface area contributed by atoms with Crippen molar-refractivity contribution in [3.05, 3.63) is 28.8 Å². The molecule has 0 fully saturated rings. The van der Waals surface area contributed by atoms with Crippen LogP contribution in [0.1, 0.15) is 50.5 Å². The van der Waals surface area contributed by atoms with Crippen molar-refractivity contribution in [2.75, 3.05) is 0 Å². The molecule has 0 atom stereocenters. The number of ketones is 1. The van der Waals surface area contributed by atoms with Crippen molar-refractivity contribution in [1.29, 1.82) is 0 Å². The first kappa shape index (κ1) is 16.1. The molecule has 20 heavy (non-hydrogen) atoms. The molecule has 0 aliphatic carbocycles. The lowest BCUT2D eigenvalue weighted by atomic mass is 10.00. The van der Waals surface area contributed by atoms with E-state index in [0.29, 0.717) is 12.0 Å². The summed E-state index contributed by atoms with van der Waals surface area (Å²) in [6, 6.07) is 1.19. The molecule has 0 radical (unpaired) electrons. The SMILES string of the molecule is CC(=O)c1c(O)cc(O)c(CC=C(C)C)c1OC(C)C. The van der Waals surface area contributed by atoms with Crippen molar-refractivity contribution < 1.29 is 19.7 Å². The number of allylic oxidation sites excluding steroid dienone is 2. The first-order chi connectivity index (χ1) is 9.23. The maximum Gasteiger partial charge on any atom is 0.167 e. The molecule has 4 nitrogen and oxygen atoms in total. The number of Topliss-reactive ketones (excluding diaryl/α,β-unsaturated/α-hetero) is 1. The van der Waals surface area contributed by atoms with Gasteiger partial charge in [-0.25, -0.2) is 0 Å². The Morgan fingerprint density at radius 3 is 2.30 bits per heavy atom. The maximum atomic E-state index is 11.7. The van der Waals surface area contributed by atoms with E-state index in [4.69, 9.17) is 4.74 Å². The smallest absolute Gasteiger partial charge is 0.167 e. The van der Waals surface area contributed by atoms with Gasteiger partial charge in [-0.05, 0) is 41.0 Å². The van der Waals surface area contributed by atoms with E-state index in [1.807, 2.05) is 33.8 Å². The van der Waals surface area contributed by atoms with Gasteiger partial charge in [-0.1, -0.05) is 11.6 Å². The van der Waals surface area contributed by atoms with Crippen molar-refractivity contribution in [3.8, 4) is 17.2 Å². The molecule has 0 aromatic heterocycles. The fourth-order valence-electron chi connectivity index (χ4n) is 1.88. The number of rotatable bonds is 5. The number of phenolic OH excluding ortho intramolecular Hbond substituents is 2. The molecule has 0 unspecified atom stereocenters. The van der Waals surface area contributed by atoms with Gasteiger partial charge in [-0.3, -0.25) is 4.79 Å². The summed E-state index contributed by atoms with van der Waals surface area (Å²) in [7, 11) is 0. The second-order valence-electron chi connectivity index (χ2n) is 5.31. The number of carbonyl (C=O) groups excluding carboxylic acids is 1. The van der Waals surface area contributed by atoms with E-state index in [0.717, 1.165) is 5.57 Å². The first-order valence-electron chi connectivity index (χ1n) is 6.62. The molecular formula is C16H22O4. The number of hydrogen-bond donors (Lipinski definition) is 2. The van der Waals surface area contributed by atoms with Gasteiger partial charge in [0, 0.05) is 11.6 Å². The Labute approximate surface area is 119 Å². The van der Waals surface area contributed by atoms with Crippen molar-refractivity contribution in [2.24, 2.45) is 0 Å². The number of aromatic hydroxyl groups is 2. The second kappa shape index (κ2) is 6.46. The normalized spacial score (nSPS) is 10.5.